The molecule has 4 nitrogen and oxygen atoms in total. The summed E-state index contributed by atoms with van der Waals surface area (Å²) in [6, 6.07) is 3.96. The van der Waals surface area contributed by atoms with Crippen LogP contribution in [0.3, 0.4) is 0 Å². The smallest absolute Gasteiger partial charge is 0.0931 e. The topological polar surface area (TPSA) is 39.1 Å². The van der Waals surface area contributed by atoms with E-state index in [2.05, 4.69) is 10.4 Å². The van der Waals surface area contributed by atoms with E-state index in [1.807, 2.05) is 29.2 Å². The minimum Gasteiger partial charge on any atom is -0.378 e. The van der Waals surface area contributed by atoms with E-state index < -0.39 is 0 Å². The van der Waals surface area contributed by atoms with E-state index in [1.54, 1.807) is 11.3 Å². The van der Waals surface area contributed by atoms with Crippen LogP contribution in [-0.2, 0) is 17.8 Å². The first-order valence-electron chi connectivity index (χ1n) is 6.42. The van der Waals surface area contributed by atoms with Gasteiger partial charge >= 0.3 is 0 Å². The van der Waals surface area contributed by atoms with Gasteiger partial charge in [0, 0.05) is 24.2 Å². The average Bonchev–Trinajstić information content (AvgIpc) is 3.10. The van der Waals surface area contributed by atoms with Crippen LogP contribution in [0.15, 0.2) is 24.5 Å². The van der Waals surface area contributed by atoms with E-state index in [4.69, 9.17) is 16.3 Å². The van der Waals surface area contributed by atoms with Crippen LogP contribution in [0.1, 0.15) is 17.7 Å². The summed E-state index contributed by atoms with van der Waals surface area (Å²) in [6.07, 6.45) is 6.50. The van der Waals surface area contributed by atoms with Gasteiger partial charge in [0.15, 0.2) is 0 Å². The molecule has 3 heterocycles. The second kappa shape index (κ2) is 5.94. The molecule has 0 saturated carbocycles. The molecule has 6 heteroatoms. The molecule has 3 rings (SSSR count). The molecule has 1 atom stereocenters. The zero-order chi connectivity index (χ0) is 13.1. The summed E-state index contributed by atoms with van der Waals surface area (Å²) in [7, 11) is 0. The lowest BCUT2D eigenvalue weighted by Crippen LogP contribution is -2.15. The molecule has 1 saturated heterocycles. The van der Waals surface area contributed by atoms with Crippen molar-refractivity contribution in [3.8, 4) is 0 Å². The number of anilines is 1. The Morgan fingerprint density at radius 2 is 2.47 bits per heavy atom. The summed E-state index contributed by atoms with van der Waals surface area (Å²) in [5.41, 5.74) is 1.03. The van der Waals surface area contributed by atoms with Crippen LogP contribution in [0.4, 0.5) is 5.69 Å². The van der Waals surface area contributed by atoms with Gasteiger partial charge in [-0.25, -0.2) is 0 Å². The van der Waals surface area contributed by atoms with Crippen molar-refractivity contribution >= 4 is 28.6 Å². The van der Waals surface area contributed by atoms with Crippen molar-refractivity contribution in [2.75, 3.05) is 11.9 Å². The van der Waals surface area contributed by atoms with Crippen molar-refractivity contribution in [3.63, 3.8) is 0 Å². The van der Waals surface area contributed by atoms with Gasteiger partial charge in [0.2, 0.25) is 0 Å². The van der Waals surface area contributed by atoms with Crippen LogP contribution >= 0.6 is 22.9 Å². The van der Waals surface area contributed by atoms with E-state index in [0.717, 1.165) is 42.6 Å². The fourth-order valence-electron chi connectivity index (χ4n) is 2.19. The van der Waals surface area contributed by atoms with Crippen molar-refractivity contribution in [2.45, 2.75) is 32.0 Å². The third-order valence-corrected chi connectivity index (χ3v) is 4.37. The largest absolute Gasteiger partial charge is 0.378 e. The summed E-state index contributed by atoms with van der Waals surface area (Å²) in [4.78, 5) is 1.22. The Morgan fingerprint density at radius 3 is 3.21 bits per heavy atom. The average molecular weight is 298 g/mol. The normalized spacial score (nSPS) is 18.9. The number of thiophene rings is 1. The van der Waals surface area contributed by atoms with Crippen molar-refractivity contribution in [1.29, 1.82) is 0 Å². The van der Waals surface area contributed by atoms with Gasteiger partial charge in [-0.05, 0) is 25.0 Å². The van der Waals surface area contributed by atoms with Gasteiger partial charge in [0.1, 0.15) is 0 Å². The Balaban J connectivity index is 1.52. The Kier molecular flexibility index (Phi) is 4.06. The molecule has 19 heavy (non-hydrogen) atoms. The first-order chi connectivity index (χ1) is 9.29. The molecule has 1 aliphatic rings. The highest BCUT2D eigenvalue weighted by Crippen LogP contribution is 2.22. The highest BCUT2D eigenvalue weighted by Gasteiger charge is 2.16. The highest BCUT2D eigenvalue weighted by molar-refractivity contribution is 7.16. The van der Waals surface area contributed by atoms with Gasteiger partial charge in [-0.3, -0.25) is 4.68 Å². The minimum atomic E-state index is 0.323. The first-order valence-corrected chi connectivity index (χ1v) is 7.61. The van der Waals surface area contributed by atoms with Crippen LogP contribution in [0, 0.1) is 0 Å². The maximum Gasteiger partial charge on any atom is 0.0931 e. The van der Waals surface area contributed by atoms with Crippen molar-refractivity contribution in [1.82, 2.24) is 9.78 Å². The summed E-state index contributed by atoms with van der Waals surface area (Å²) in [5.74, 6) is 0. The van der Waals surface area contributed by atoms with Crippen LogP contribution in [0.25, 0.3) is 0 Å². The summed E-state index contributed by atoms with van der Waals surface area (Å²) in [6.45, 7) is 2.51. The molecule has 0 spiro atoms. The SMILES string of the molecule is Clc1ccc(CNc2cnn(CC3CCCO3)c2)s1. The van der Waals surface area contributed by atoms with Crippen LogP contribution < -0.4 is 5.32 Å². The number of aromatic nitrogens is 2. The number of ether oxygens (including phenoxy) is 1. The standard InChI is InChI=1S/C13H16ClN3OS/c14-13-4-3-12(19-13)7-15-10-6-16-17(8-10)9-11-2-1-5-18-11/h3-4,6,8,11,15H,1-2,5,7,9H2. The molecular weight excluding hydrogens is 282 g/mol. The molecule has 1 aliphatic heterocycles. The maximum atomic E-state index is 5.90. The molecule has 1 fully saturated rings. The van der Waals surface area contributed by atoms with Gasteiger partial charge < -0.3 is 10.1 Å². The van der Waals surface area contributed by atoms with Gasteiger partial charge in [-0.2, -0.15) is 5.10 Å². The minimum absolute atomic E-state index is 0.323. The lowest BCUT2D eigenvalue weighted by molar-refractivity contribution is 0.0940. The van der Waals surface area contributed by atoms with E-state index in [0.29, 0.717) is 6.10 Å². The molecule has 2 aromatic rings. The third-order valence-electron chi connectivity index (χ3n) is 3.14. The van der Waals surface area contributed by atoms with E-state index in [9.17, 15) is 0 Å². The summed E-state index contributed by atoms with van der Waals surface area (Å²) in [5, 5.41) is 7.70. The van der Waals surface area contributed by atoms with Crippen LogP contribution in [-0.4, -0.2) is 22.5 Å². The zero-order valence-electron chi connectivity index (χ0n) is 10.5. The fourth-order valence-corrected chi connectivity index (χ4v) is 3.21. The van der Waals surface area contributed by atoms with Gasteiger partial charge in [-0.1, -0.05) is 11.6 Å². The Morgan fingerprint density at radius 1 is 1.53 bits per heavy atom. The number of nitrogens with zero attached hydrogens (tertiary/aromatic N) is 2. The number of rotatable bonds is 5. The van der Waals surface area contributed by atoms with Crippen LogP contribution in [0.5, 0.6) is 0 Å². The molecule has 1 unspecified atom stereocenters. The van der Waals surface area contributed by atoms with Crippen molar-refractivity contribution in [3.05, 3.63) is 33.7 Å². The molecule has 0 aliphatic carbocycles. The van der Waals surface area contributed by atoms with E-state index in [1.165, 1.54) is 4.88 Å². The molecule has 2 aromatic heterocycles. The van der Waals surface area contributed by atoms with Crippen molar-refractivity contribution in [2.24, 2.45) is 0 Å². The molecule has 0 radical (unpaired) electrons. The third kappa shape index (κ3) is 3.49. The number of hydrogen-bond acceptors (Lipinski definition) is 4. The zero-order valence-corrected chi connectivity index (χ0v) is 12.1. The lowest BCUT2D eigenvalue weighted by atomic mass is 10.2. The number of halogens is 1. The lowest BCUT2D eigenvalue weighted by Gasteiger charge is -2.08. The highest BCUT2D eigenvalue weighted by atomic mass is 35.5. The second-order valence-corrected chi connectivity index (χ2v) is 6.45. The monoisotopic (exact) mass is 297 g/mol. The van der Waals surface area contributed by atoms with Gasteiger partial charge in [0.05, 0.1) is 28.9 Å². The van der Waals surface area contributed by atoms with Gasteiger partial charge in [-0.15, -0.1) is 11.3 Å². The molecule has 1 N–H and O–H groups in total. The molecule has 0 amide bonds. The predicted octanol–water partition coefficient (Wildman–Crippen LogP) is 3.39. The Labute approximate surface area is 121 Å². The summed E-state index contributed by atoms with van der Waals surface area (Å²) >= 11 is 7.50. The van der Waals surface area contributed by atoms with Crippen LogP contribution in [0.2, 0.25) is 4.34 Å². The molecule has 102 valence electrons. The van der Waals surface area contributed by atoms with Crippen molar-refractivity contribution < 1.29 is 4.74 Å². The predicted molar refractivity (Wildman–Crippen MR) is 77.9 cm³/mol. The molecule has 0 aromatic carbocycles. The molecule has 0 bridgehead atoms. The maximum absolute atomic E-state index is 5.90. The number of nitrogens with one attached hydrogen (secondary N) is 1. The quantitative estimate of drug-likeness (QED) is 0.919. The Hall–Kier alpha value is -1.04. The van der Waals surface area contributed by atoms with Gasteiger partial charge in [0.25, 0.3) is 0 Å². The summed E-state index contributed by atoms with van der Waals surface area (Å²) < 4.78 is 8.37. The number of hydrogen-bond donors (Lipinski definition) is 1. The molecular formula is C13H16ClN3OS. The van der Waals surface area contributed by atoms with E-state index >= 15 is 0 Å². The fraction of sp³-hybridized carbons (Fsp3) is 0.462. The first kappa shape index (κ1) is 13.0. The Bertz CT molecular complexity index is 533. The van der Waals surface area contributed by atoms with E-state index in [-0.39, 0.29) is 0 Å². The second-order valence-electron chi connectivity index (χ2n) is 4.65.